The van der Waals surface area contributed by atoms with E-state index in [4.69, 9.17) is 5.11 Å². The third-order valence-corrected chi connectivity index (χ3v) is 3.17. The van der Waals surface area contributed by atoms with Gasteiger partial charge in [0, 0.05) is 13.1 Å². The SMILES string of the molecule is Cc1ncnc(N2CC(C)C(C(=O)O)C2)c1F. The Hall–Kier alpha value is -1.72. The number of carbonyl (C=O) groups is 1. The summed E-state index contributed by atoms with van der Waals surface area (Å²) in [5, 5.41) is 9.02. The van der Waals surface area contributed by atoms with Gasteiger partial charge in [-0.2, -0.15) is 0 Å². The van der Waals surface area contributed by atoms with Crippen LogP contribution in [0.25, 0.3) is 0 Å². The summed E-state index contributed by atoms with van der Waals surface area (Å²) in [6.07, 6.45) is 1.30. The van der Waals surface area contributed by atoms with Crippen LogP contribution in [-0.4, -0.2) is 34.1 Å². The predicted octanol–water partition coefficient (Wildman–Crippen LogP) is 1.08. The summed E-state index contributed by atoms with van der Waals surface area (Å²) in [6.45, 7) is 4.22. The van der Waals surface area contributed by atoms with Gasteiger partial charge in [0.05, 0.1) is 11.6 Å². The van der Waals surface area contributed by atoms with E-state index in [9.17, 15) is 9.18 Å². The van der Waals surface area contributed by atoms with Crippen molar-refractivity contribution in [1.82, 2.24) is 9.97 Å². The molecule has 2 atom stereocenters. The van der Waals surface area contributed by atoms with Crippen LogP contribution < -0.4 is 4.90 Å². The first-order valence-corrected chi connectivity index (χ1v) is 5.45. The minimum atomic E-state index is -0.841. The highest BCUT2D eigenvalue weighted by Gasteiger charge is 2.36. The summed E-state index contributed by atoms with van der Waals surface area (Å²) in [5.74, 6) is -1.59. The van der Waals surface area contributed by atoms with Gasteiger partial charge in [-0.05, 0) is 12.8 Å². The Bertz CT molecular complexity index is 452. The van der Waals surface area contributed by atoms with Crippen molar-refractivity contribution in [3.05, 3.63) is 17.8 Å². The Morgan fingerprint density at radius 3 is 2.82 bits per heavy atom. The van der Waals surface area contributed by atoms with Gasteiger partial charge in [-0.15, -0.1) is 0 Å². The standard InChI is InChI=1S/C11H14FN3O2/c1-6-3-15(4-8(6)11(16)17)10-9(12)7(2)13-5-14-10/h5-6,8H,3-4H2,1-2H3,(H,16,17). The van der Waals surface area contributed by atoms with Crippen LogP contribution in [0.15, 0.2) is 6.33 Å². The maximum atomic E-state index is 13.8. The van der Waals surface area contributed by atoms with Crippen molar-refractivity contribution >= 4 is 11.8 Å². The summed E-state index contributed by atoms with van der Waals surface area (Å²) in [7, 11) is 0. The summed E-state index contributed by atoms with van der Waals surface area (Å²) < 4.78 is 13.8. The van der Waals surface area contributed by atoms with E-state index in [1.54, 1.807) is 11.8 Å². The largest absolute Gasteiger partial charge is 0.481 e. The number of hydrogen-bond donors (Lipinski definition) is 1. The molecule has 0 aliphatic carbocycles. The predicted molar refractivity (Wildman–Crippen MR) is 59.2 cm³/mol. The second-order valence-corrected chi connectivity index (χ2v) is 4.42. The van der Waals surface area contributed by atoms with E-state index in [0.717, 1.165) is 0 Å². The molecule has 5 nitrogen and oxygen atoms in total. The van der Waals surface area contributed by atoms with E-state index < -0.39 is 17.7 Å². The average Bonchev–Trinajstić information content (AvgIpc) is 2.64. The molecular formula is C11H14FN3O2. The van der Waals surface area contributed by atoms with Crippen LogP contribution in [0.3, 0.4) is 0 Å². The van der Waals surface area contributed by atoms with Gasteiger partial charge in [-0.1, -0.05) is 6.92 Å². The van der Waals surface area contributed by atoms with Crippen LogP contribution in [0, 0.1) is 24.6 Å². The lowest BCUT2D eigenvalue weighted by molar-refractivity contribution is -0.142. The molecule has 0 aromatic carbocycles. The molecule has 1 saturated heterocycles. The Labute approximate surface area is 98.3 Å². The number of hydrogen-bond acceptors (Lipinski definition) is 4. The molecule has 0 saturated carbocycles. The maximum absolute atomic E-state index is 13.8. The molecule has 1 aliphatic heterocycles. The normalized spacial score (nSPS) is 24.1. The zero-order valence-corrected chi connectivity index (χ0v) is 9.72. The van der Waals surface area contributed by atoms with Gasteiger partial charge in [0.15, 0.2) is 11.6 Å². The fourth-order valence-electron chi connectivity index (χ4n) is 2.13. The molecule has 17 heavy (non-hydrogen) atoms. The molecule has 1 fully saturated rings. The van der Waals surface area contributed by atoms with Crippen molar-refractivity contribution < 1.29 is 14.3 Å². The van der Waals surface area contributed by atoms with Gasteiger partial charge in [-0.25, -0.2) is 14.4 Å². The van der Waals surface area contributed by atoms with Crippen molar-refractivity contribution in [2.24, 2.45) is 11.8 Å². The maximum Gasteiger partial charge on any atom is 0.308 e. The van der Waals surface area contributed by atoms with Crippen molar-refractivity contribution in [1.29, 1.82) is 0 Å². The summed E-state index contributed by atoms with van der Waals surface area (Å²) >= 11 is 0. The Morgan fingerprint density at radius 2 is 2.24 bits per heavy atom. The number of aryl methyl sites for hydroxylation is 1. The van der Waals surface area contributed by atoms with Gasteiger partial charge in [0.1, 0.15) is 6.33 Å². The van der Waals surface area contributed by atoms with Gasteiger partial charge >= 0.3 is 5.97 Å². The van der Waals surface area contributed by atoms with Crippen LogP contribution in [0.2, 0.25) is 0 Å². The third kappa shape index (κ3) is 2.07. The number of rotatable bonds is 2. The monoisotopic (exact) mass is 239 g/mol. The first-order chi connectivity index (χ1) is 8.00. The van der Waals surface area contributed by atoms with Crippen molar-refractivity contribution in [3.63, 3.8) is 0 Å². The summed E-state index contributed by atoms with van der Waals surface area (Å²) in [6, 6.07) is 0. The van der Waals surface area contributed by atoms with Crippen molar-refractivity contribution in [3.8, 4) is 0 Å². The number of aliphatic carboxylic acids is 1. The quantitative estimate of drug-likeness (QED) is 0.836. The molecule has 0 amide bonds. The number of anilines is 1. The molecule has 1 aliphatic rings. The number of aromatic nitrogens is 2. The number of carboxylic acids is 1. The van der Waals surface area contributed by atoms with E-state index in [-0.39, 0.29) is 17.4 Å². The highest BCUT2D eigenvalue weighted by Crippen LogP contribution is 2.28. The Kier molecular flexibility index (Phi) is 2.95. The molecule has 2 unspecified atom stereocenters. The molecule has 0 bridgehead atoms. The average molecular weight is 239 g/mol. The highest BCUT2D eigenvalue weighted by atomic mass is 19.1. The smallest absolute Gasteiger partial charge is 0.308 e. The zero-order valence-electron chi connectivity index (χ0n) is 9.72. The van der Waals surface area contributed by atoms with E-state index in [1.807, 2.05) is 6.92 Å². The van der Waals surface area contributed by atoms with Crippen LogP contribution in [0.1, 0.15) is 12.6 Å². The summed E-state index contributed by atoms with van der Waals surface area (Å²) in [5.41, 5.74) is 0.279. The lowest BCUT2D eigenvalue weighted by Crippen LogP contribution is -2.25. The van der Waals surface area contributed by atoms with Crippen molar-refractivity contribution in [2.45, 2.75) is 13.8 Å². The topological polar surface area (TPSA) is 66.3 Å². The fraction of sp³-hybridized carbons (Fsp3) is 0.545. The third-order valence-electron chi connectivity index (χ3n) is 3.17. The molecule has 92 valence electrons. The Morgan fingerprint density at radius 1 is 1.53 bits per heavy atom. The zero-order chi connectivity index (χ0) is 12.6. The first kappa shape index (κ1) is 11.8. The lowest BCUT2D eigenvalue weighted by atomic mass is 9.99. The van der Waals surface area contributed by atoms with Gasteiger partial charge in [0.25, 0.3) is 0 Å². The van der Waals surface area contributed by atoms with Crippen LogP contribution in [-0.2, 0) is 4.79 Å². The molecule has 2 rings (SSSR count). The second kappa shape index (κ2) is 4.27. The van der Waals surface area contributed by atoms with Gasteiger partial charge in [0.2, 0.25) is 0 Å². The van der Waals surface area contributed by atoms with E-state index in [0.29, 0.717) is 13.1 Å². The van der Waals surface area contributed by atoms with E-state index in [2.05, 4.69) is 9.97 Å². The second-order valence-electron chi connectivity index (χ2n) is 4.42. The molecule has 6 heteroatoms. The van der Waals surface area contributed by atoms with E-state index >= 15 is 0 Å². The van der Waals surface area contributed by atoms with Crippen LogP contribution in [0.5, 0.6) is 0 Å². The van der Waals surface area contributed by atoms with Gasteiger partial charge < -0.3 is 10.0 Å². The molecule has 1 aromatic heterocycles. The number of nitrogens with zero attached hydrogens (tertiary/aromatic N) is 3. The number of carboxylic acid groups (broad SMARTS) is 1. The molecule has 0 spiro atoms. The Balaban J connectivity index is 2.26. The minimum absolute atomic E-state index is 0.0119. The molecule has 0 radical (unpaired) electrons. The van der Waals surface area contributed by atoms with Gasteiger partial charge in [-0.3, -0.25) is 4.79 Å². The molecule has 1 N–H and O–H groups in total. The lowest BCUT2D eigenvalue weighted by Gasteiger charge is -2.17. The highest BCUT2D eigenvalue weighted by molar-refractivity contribution is 5.72. The van der Waals surface area contributed by atoms with Crippen molar-refractivity contribution in [2.75, 3.05) is 18.0 Å². The number of halogens is 1. The molecule has 1 aromatic rings. The first-order valence-electron chi connectivity index (χ1n) is 5.45. The van der Waals surface area contributed by atoms with Crippen LogP contribution >= 0.6 is 0 Å². The minimum Gasteiger partial charge on any atom is -0.481 e. The molecular weight excluding hydrogens is 225 g/mol. The molecule has 2 heterocycles. The van der Waals surface area contributed by atoms with Crippen LogP contribution in [0.4, 0.5) is 10.2 Å². The summed E-state index contributed by atoms with van der Waals surface area (Å²) in [4.78, 5) is 20.3. The fourth-order valence-corrected chi connectivity index (χ4v) is 2.13. The van der Waals surface area contributed by atoms with E-state index in [1.165, 1.54) is 6.33 Å².